The number of nitriles is 1. The predicted octanol–water partition coefficient (Wildman–Crippen LogP) is 3.94. The largest absolute Gasteiger partial charge is 0.293 e. The van der Waals surface area contributed by atoms with Crippen LogP contribution in [-0.4, -0.2) is 9.38 Å². The van der Waals surface area contributed by atoms with E-state index in [9.17, 15) is 0 Å². The van der Waals surface area contributed by atoms with E-state index >= 15 is 0 Å². The van der Waals surface area contributed by atoms with Crippen LogP contribution in [0.2, 0.25) is 0 Å². The monoisotopic (exact) mass is 311 g/mol. The molecule has 0 fully saturated rings. The summed E-state index contributed by atoms with van der Waals surface area (Å²) >= 11 is 3.59. The second-order valence-corrected chi connectivity index (χ2v) is 5.08. The molecular weight excluding hydrogens is 302 g/mol. The Morgan fingerprint density at radius 3 is 2.58 bits per heavy atom. The number of imidazole rings is 1. The molecule has 0 atom stereocenters. The molecule has 0 saturated carbocycles. The predicted molar refractivity (Wildman–Crippen MR) is 77.8 cm³/mol. The lowest BCUT2D eigenvalue weighted by molar-refractivity contribution is 1.14. The van der Waals surface area contributed by atoms with E-state index in [1.54, 1.807) is 12.1 Å². The van der Waals surface area contributed by atoms with Gasteiger partial charge in [-0.15, -0.1) is 0 Å². The van der Waals surface area contributed by atoms with E-state index in [1.165, 1.54) is 0 Å². The van der Waals surface area contributed by atoms with E-state index < -0.39 is 0 Å². The van der Waals surface area contributed by atoms with Crippen molar-refractivity contribution in [3.63, 3.8) is 0 Å². The zero-order valence-corrected chi connectivity index (χ0v) is 11.8. The first-order valence-electron chi connectivity index (χ1n) is 5.84. The maximum atomic E-state index is 8.83. The maximum absolute atomic E-state index is 8.83. The summed E-state index contributed by atoms with van der Waals surface area (Å²) in [5.74, 6) is 0. The topological polar surface area (TPSA) is 41.1 Å². The van der Waals surface area contributed by atoms with Crippen LogP contribution >= 0.6 is 15.9 Å². The summed E-state index contributed by atoms with van der Waals surface area (Å²) in [6, 6.07) is 13.6. The summed E-state index contributed by atoms with van der Waals surface area (Å²) in [7, 11) is 0. The van der Waals surface area contributed by atoms with Crippen LogP contribution in [0.1, 0.15) is 11.1 Å². The Labute approximate surface area is 119 Å². The van der Waals surface area contributed by atoms with Gasteiger partial charge in [-0.2, -0.15) is 5.26 Å². The van der Waals surface area contributed by atoms with Gasteiger partial charge in [-0.1, -0.05) is 18.2 Å². The minimum Gasteiger partial charge on any atom is -0.293 e. The molecule has 0 aliphatic rings. The lowest BCUT2D eigenvalue weighted by atomic mass is 10.1. The Morgan fingerprint density at radius 1 is 1.21 bits per heavy atom. The second kappa shape index (κ2) is 4.52. The summed E-state index contributed by atoms with van der Waals surface area (Å²) in [4.78, 5) is 4.67. The van der Waals surface area contributed by atoms with Gasteiger partial charge in [-0.3, -0.25) is 4.40 Å². The maximum Gasteiger partial charge on any atom is 0.141 e. The Bertz CT molecular complexity index is 795. The number of halogens is 1. The van der Waals surface area contributed by atoms with Crippen molar-refractivity contribution in [2.24, 2.45) is 0 Å². The number of nitrogens with zero attached hydrogens (tertiary/aromatic N) is 3. The minimum absolute atomic E-state index is 0.653. The summed E-state index contributed by atoms with van der Waals surface area (Å²) < 4.78 is 2.94. The van der Waals surface area contributed by atoms with Crippen molar-refractivity contribution >= 4 is 21.6 Å². The summed E-state index contributed by atoms with van der Waals surface area (Å²) in [5, 5.41) is 8.83. The van der Waals surface area contributed by atoms with Crippen LogP contribution in [0.15, 0.2) is 47.2 Å². The average Bonchev–Trinajstić information content (AvgIpc) is 2.78. The molecule has 0 N–H and O–H groups in total. The van der Waals surface area contributed by atoms with Crippen molar-refractivity contribution < 1.29 is 0 Å². The van der Waals surface area contributed by atoms with Crippen LogP contribution < -0.4 is 0 Å². The minimum atomic E-state index is 0.653. The molecule has 3 nitrogen and oxygen atoms in total. The van der Waals surface area contributed by atoms with Gasteiger partial charge in [0.1, 0.15) is 15.9 Å². The molecule has 0 bridgehead atoms. The fourth-order valence-electron chi connectivity index (χ4n) is 2.06. The molecular formula is C15H10BrN3. The van der Waals surface area contributed by atoms with Crippen LogP contribution in [0.25, 0.3) is 16.9 Å². The van der Waals surface area contributed by atoms with Gasteiger partial charge in [0.05, 0.1) is 11.6 Å². The molecule has 1 aromatic carbocycles. The summed E-state index contributed by atoms with van der Waals surface area (Å²) in [5.41, 5.74) is 4.60. The third-order valence-electron chi connectivity index (χ3n) is 3.07. The fourth-order valence-corrected chi connectivity index (χ4v) is 2.67. The first-order chi connectivity index (χ1) is 9.20. The quantitative estimate of drug-likeness (QED) is 0.683. The van der Waals surface area contributed by atoms with E-state index in [0.29, 0.717) is 5.56 Å². The highest BCUT2D eigenvalue weighted by molar-refractivity contribution is 9.10. The van der Waals surface area contributed by atoms with Gasteiger partial charge < -0.3 is 0 Å². The third-order valence-corrected chi connectivity index (χ3v) is 3.83. The molecule has 19 heavy (non-hydrogen) atoms. The number of pyridine rings is 1. The Morgan fingerprint density at radius 2 is 1.95 bits per heavy atom. The molecule has 0 unspecified atom stereocenters. The molecule has 0 spiro atoms. The standard InChI is InChI=1S/C15H10BrN3/c1-10-3-2-8-19-14(16)13(18-15(10)19)12-6-4-11(9-17)5-7-12/h2-8H,1H3. The molecule has 4 heteroatoms. The van der Waals surface area contributed by atoms with Gasteiger partial charge >= 0.3 is 0 Å². The molecule has 0 amide bonds. The average molecular weight is 312 g/mol. The molecule has 0 saturated heterocycles. The highest BCUT2D eigenvalue weighted by Crippen LogP contribution is 2.29. The zero-order chi connectivity index (χ0) is 13.4. The van der Waals surface area contributed by atoms with Crippen molar-refractivity contribution in [2.45, 2.75) is 6.92 Å². The highest BCUT2D eigenvalue weighted by Gasteiger charge is 2.12. The van der Waals surface area contributed by atoms with Crippen LogP contribution in [0, 0.1) is 18.3 Å². The van der Waals surface area contributed by atoms with E-state index in [2.05, 4.69) is 27.0 Å². The number of aromatic nitrogens is 2. The van der Waals surface area contributed by atoms with Crippen molar-refractivity contribution in [3.8, 4) is 17.3 Å². The van der Waals surface area contributed by atoms with Crippen molar-refractivity contribution in [1.82, 2.24) is 9.38 Å². The highest BCUT2D eigenvalue weighted by atomic mass is 79.9. The summed E-state index contributed by atoms with van der Waals surface area (Å²) in [6.07, 6.45) is 1.98. The third kappa shape index (κ3) is 1.92. The van der Waals surface area contributed by atoms with Crippen molar-refractivity contribution in [1.29, 1.82) is 5.26 Å². The van der Waals surface area contributed by atoms with E-state index in [-0.39, 0.29) is 0 Å². The zero-order valence-electron chi connectivity index (χ0n) is 10.3. The van der Waals surface area contributed by atoms with Gasteiger partial charge in [-0.25, -0.2) is 4.98 Å². The molecule has 3 aromatic rings. The lowest BCUT2D eigenvalue weighted by Gasteiger charge is -1.98. The van der Waals surface area contributed by atoms with Crippen molar-refractivity contribution in [3.05, 3.63) is 58.3 Å². The normalized spacial score (nSPS) is 10.6. The van der Waals surface area contributed by atoms with Gasteiger partial charge in [0, 0.05) is 11.8 Å². The molecule has 92 valence electrons. The van der Waals surface area contributed by atoms with Crippen LogP contribution in [0.4, 0.5) is 0 Å². The van der Waals surface area contributed by atoms with Crippen LogP contribution in [0.3, 0.4) is 0 Å². The van der Waals surface area contributed by atoms with E-state index in [4.69, 9.17) is 5.26 Å². The number of aryl methyl sites for hydroxylation is 1. The van der Waals surface area contributed by atoms with E-state index in [1.807, 2.05) is 41.8 Å². The Kier molecular flexibility index (Phi) is 2.84. The molecule has 2 heterocycles. The van der Waals surface area contributed by atoms with E-state index in [0.717, 1.165) is 27.1 Å². The van der Waals surface area contributed by atoms with Crippen LogP contribution in [0.5, 0.6) is 0 Å². The number of fused-ring (bicyclic) bond motifs is 1. The molecule has 0 aliphatic carbocycles. The van der Waals surface area contributed by atoms with Crippen molar-refractivity contribution in [2.75, 3.05) is 0 Å². The molecule has 0 aliphatic heterocycles. The van der Waals surface area contributed by atoms with Crippen LogP contribution in [-0.2, 0) is 0 Å². The number of hydrogen-bond donors (Lipinski definition) is 0. The SMILES string of the molecule is Cc1cccn2c(Br)c(-c3ccc(C#N)cc3)nc12. The molecule has 0 radical (unpaired) electrons. The first-order valence-corrected chi connectivity index (χ1v) is 6.63. The fraction of sp³-hybridized carbons (Fsp3) is 0.0667. The number of rotatable bonds is 1. The Balaban J connectivity index is 2.22. The molecule has 3 rings (SSSR count). The number of benzene rings is 1. The number of hydrogen-bond acceptors (Lipinski definition) is 2. The van der Waals surface area contributed by atoms with Gasteiger partial charge in [0.25, 0.3) is 0 Å². The second-order valence-electron chi connectivity index (χ2n) is 4.33. The van der Waals surface area contributed by atoms with Gasteiger partial charge in [0.2, 0.25) is 0 Å². The smallest absolute Gasteiger partial charge is 0.141 e. The first kappa shape index (κ1) is 11.9. The molecule has 2 aromatic heterocycles. The summed E-state index contributed by atoms with van der Waals surface area (Å²) in [6.45, 7) is 2.04. The van der Waals surface area contributed by atoms with Gasteiger partial charge in [0.15, 0.2) is 0 Å². The van der Waals surface area contributed by atoms with Gasteiger partial charge in [-0.05, 0) is 46.6 Å². The Hall–Kier alpha value is -2.12. The lowest BCUT2D eigenvalue weighted by Crippen LogP contribution is -1.85.